The van der Waals surface area contributed by atoms with Gasteiger partial charge in [0.1, 0.15) is 6.10 Å². The fraction of sp³-hybridized carbons (Fsp3) is 0.714. The van der Waals surface area contributed by atoms with E-state index in [2.05, 4.69) is 16.3 Å². The molecule has 1 aromatic carbocycles. The van der Waals surface area contributed by atoms with Crippen LogP contribution in [0.5, 0.6) is 11.5 Å². The van der Waals surface area contributed by atoms with Gasteiger partial charge in [0.15, 0.2) is 11.5 Å². The van der Waals surface area contributed by atoms with Gasteiger partial charge in [0.05, 0.1) is 11.0 Å². The fourth-order valence-electron chi connectivity index (χ4n) is 6.78. The van der Waals surface area contributed by atoms with Crippen molar-refractivity contribution in [2.75, 3.05) is 20.1 Å². The van der Waals surface area contributed by atoms with Gasteiger partial charge in [-0.1, -0.05) is 6.07 Å². The van der Waals surface area contributed by atoms with Crippen LogP contribution >= 0.6 is 0 Å². The van der Waals surface area contributed by atoms with E-state index in [1.165, 1.54) is 18.4 Å². The molecule has 1 saturated heterocycles. The fourth-order valence-corrected chi connectivity index (χ4v) is 6.78. The van der Waals surface area contributed by atoms with E-state index >= 15 is 0 Å². The van der Waals surface area contributed by atoms with Crippen molar-refractivity contribution in [1.82, 2.24) is 10.2 Å². The first-order chi connectivity index (χ1) is 12.6. The number of aromatic hydroxyl groups is 1. The second kappa shape index (κ2) is 4.94. The Balaban J connectivity index is 1.55. The largest absolute Gasteiger partial charge is 0.504 e. The zero-order valence-electron chi connectivity index (χ0n) is 15.4. The van der Waals surface area contributed by atoms with Crippen LogP contribution in [-0.4, -0.2) is 59.0 Å². The number of benzene rings is 1. The van der Waals surface area contributed by atoms with E-state index in [-0.39, 0.29) is 29.4 Å². The molecule has 1 aromatic rings. The Morgan fingerprint density at radius 2 is 2.12 bits per heavy atom. The summed E-state index contributed by atoms with van der Waals surface area (Å²) >= 11 is 0. The highest BCUT2D eigenvalue weighted by Crippen LogP contribution is 2.65. The summed E-state index contributed by atoms with van der Waals surface area (Å²) in [6.45, 7) is 2.15. The summed E-state index contributed by atoms with van der Waals surface area (Å²) in [5.41, 5.74) is 1.25. The average Bonchev–Trinajstić information content (AvgIpc) is 3.37. The quantitative estimate of drug-likeness (QED) is 0.767. The predicted octanol–water partition coefficient (Wildman–Crippen LogP) is 1.54. The van der Waals surface area contributed by atoms with E-state index in [1.54, 1.807) is 6.07 Å². The van der Waals surface area contributed by atoms with Crippen LogP contribution in [0.4, 0.5) is 0 Å². The van der Waals surface area contributed by atoms with Crippen molar-refractivity contribution in [2.24, 2.45) is 5.92 Å². The maximum atomic E-state index is 12.2. The van der Waals surface area contributed by atoms with Gasteiger partial charge in [-0.2, -0.15) is 0 Å². The maximum Gasteiger partial charge on any atom is 0.165 e. The highest BCUT2D eigenvalue weighted by atomic mass is 16.5. The van der Waals surface area contributed by atoms with Gasteiger partial charge in [0, 0.05) is 24.2 Å². The number of piperidine rings is 1. The van der Waals surface area contributed by atoms with Crippen LogP contribution in [0.3, 0.4) is 0 Å². The van der Waals surface area contributed by atoms with Gasteiger partial charge in [-0.15, -0.1) is 0 Å². The third-order valence-corrected chi connectivity index (χ3v) is 8.13. The Labute approximate surface area is 154 Å². The van der Waals surface area contributed by atoms with E-state index < -0.39 is 5.60 Å². The molecule has 5 heteroatoms. The minimum absolute atomic E-state index is 0.0980. The predicted molar refractivity (Wildman–Crippen MR) is 97.6 cm³/mol. The first kappa shape index (κ1) is 15.7. The number of phenols is 1. The third kappa shape index (κ3) is 1.68. The molecular weight excluding hydrogens is 328 g/mol. The Kier molecular flexibility index (Phi) is 2.99. The third-order valence-electron chi connectivity index (χ3n) is 8.13. The monoisotopic (exact) mass is 356 g/mol. The minimum atomic E-state index is -0.760. The molecule has 2 bridgehead atoms. The van der Waals surface area contributed by atoms with E-state index in [1.807, 2.05) is 7.05 Å². The Hall–Kier alpha value is -1.30. The molecule has 5 nitrogen and oxygen atoms in total. The number of hydrogen-bond acceptors (Lipinski definition) is 5. The van der Waals surface area contributed by atoms with E-state index in [0.717, 1.165) is 50.3 Å². The van der Waals surface area contributed by atoms with Crippen LogP contribution < -0.4 is 10.1 Å². The minimum Gasteiger partial charge on any atom is -0.504 e. The second-order valence-corrected chi connectivity index (χ2v) is 9.22. The number of phenolic OH excluding ortho intramolecular Hbond substituents is 1. The van der Waals surface area contributed by atoms with Crippen molar-refractivity contribution in [3.05, 3.63) is 23.3 Å². The van der Waals surface area contributed by atoms with Crippen LogP contribution in [-0.2, 0) is 11.8 Å². The summed E-state index contributed by atoms with van der Waals surface area (Å²) < 4.78 is 6.42. The van der Waals surface area contributed by atoms with Gasteiger partial charge in [0.2, 0.25) is 0 Å². The van der Waals surface area contributed by atoms with Crippen LogP contribution in [0.2, 0.25) is 0 Å². The number of ether oxygens (including phenoxy) is 1. The molecule has 0 radical (unpaired) electrons. The van der Waals surface area contributed by atoms with Gasteiger partial charge in [-0.3, -0.25) is 4.90 Å². The topological polar surface area (TPSA) is 65.0 Å². The van der Waals surface area contributed by atoms with Gasteiger partial charge in [-0.25, -0.2) is 0 Å². The molecule has 2 saturated carbocycles. The van der Waals surface area contributed by atoms with E-state index in [4.69, 9.17) is 4.74 Å². The lowest BCUT2D eigenvalue weighted by atomic mass is 9.48. The van der Waals surface area contributed by atoms with Gasteiger partial charge >= 0.3 is 0 Å². The van der Waals surface area contributed by atoms with Crippen molar-refractivity contribution in [1.29, 1.82) is 0 Å². The van der Waals surface area contributed by atoms with Crippen molar-refractivity contribution in [3.63, 3.8) is 0 Å². The van der Waals surface area contributed by atoms with Crippen molar-refractivity contribution in [3.8, 4) is 11.5 Å². The van der Waals surface area contributed by atoms with Crippen LogP contribution in [0.1, 0.15) is 43.2 Å². The Morgan fingerprint density at radius 1 is 1.27 bits per heavy atom. The molecule has 3 aliphatic carbocycles. The second-order valence-electron chi connectivity index (χ2n) is 9.22. The highest BCUT2D eigenvalue weighted by Gasteiger charge is 2.72. The molecule has 1 spiro atoms. The smallest absolute Gasteiger partial charge is 0.165 e. The lowest BCUT2D eigenvalue weighted by molar-refractivity contribution is -0.191. The van der Waals surface area contributed by atoms with Crippen molar-refractivity contribution < 1.29 is 14.9 Å². The van der Waals surface area contributed by atoms with Crippen LogP contribution in [0, 0.1) is 5.92 Å². The van der Waals surface area contributed by atoms with E-state index in [0.29, 0.717) is 5.75 Å². The number of likely N-dealkylation sites (N-methyl/N-ethyl adjacent to an activating group) is 1. The molecule has 3 N–H and O–H groups in total. The van der Waals surface area contributed by atoms with Crippen molar-refractivity contribution >= 4 is 0 Å². The summed E-state index contributed by atoms with van der Waals surface area (Å²) in [5, 5.41) is 26.1. The Morgan fingerprint density at radius 3 is 2.88 bits per heavy atom. The first-order valence-electron chi connectivity index (χ1n) is 10.2. The lowest BCUT2D eigenvalue weighted by Gasteiger charge is -2.64. The number of nitrogens with one attached hydrogen (secondary N) is 1. The number of nitrogens with zero attached hydrogens (tertiary/aromatic N) is 1. The number of hydrogen-bond donors (Lipinski definition) is 3. The Bertz CT molecular complexity index is 779. The molecule has 26 heavy (non-hydrogen) atoms. The van der Waals surface area contributed by atoms with E-state index in [9.17, 15) is 10.2 Å². The molecule has 2 aliphatic heterocycles. The summed E-state index contributed by atoms with van der Waals surface area (Å²) in [7, 11) is 1.99. The normalized spacial score (nSPS) is 43.1. The van der Waals surface area contributed by atoms with Gasteiger partial charge in [0.25, 0.3) is 0 Å². The summed E-state index contributed by atoms with van der Waals surface area (Å²) in [6.07, 6.45) is 6.09. The first-order valence-corrected chi connectivity index (χ1v) is 10.2. The van der Waals surface area contributed by atoms with Gasteiger partial charge < -0.3 is 20.3 Å². The zero-order chi connectivity index (χ0) is 17.7. The SMILES string of the molecule is CN[C@@H]1CC[C@]2(O)[C@@H]3Cc4ccc(O)c5c4C2(CCN3CC2CC2)C1O5. The van der Waals surface area contributed by atoms with Crippen LogP contribution in [0.15, 0.2) is 12.1 Å². The average molecular weight is 356 g/mol. The lowest BCUT2D eigenvalue weighted by Crippen LogP contribution is -2.78. The number of aliphatic hydroxyl groups is 1. The molecule has 0 amide bonds. The molecule has 140 valence electrons. The molecule has 3 fully saturated rings. The molecule has 2 unspecified atom stereocenters. The maximum absolute atomic E-state index is 12.2. The molecule has 6 rings (SSSR count). The molecule has 2 heterocycles. The summed E-state index contributed by atoms with van der Waals surface area (Å²) in [6, 6.07) is 4.23. The highest BCUT2D eigenvalue weighted by molar-refractivity contribution is 5.62. The number of likely N-dealkylation sites (tertiary alicyclic amines) is 1. The summed E-state index contributed by atoms with van der Waals surface area (Å²) in [4.78, 5) is 2.58. The molecule has 5 aliphatic rings. The molecule has 0 aromatic heterocycles. The number of rotatable bonds is 3. The zero-order valence-corrected chi connectivity index (χ0v) is 15.4. The van der Waals surface area contributed by atoms with Crippen LogP contribution in [0.25, 0.3) is 0 Å². The standard InChI is InChI=1S/C21H28N2O3/c1-22-14-6-7-21(25)16-10-13-4-5-15(24)18-17(13)20(21,19(14)26-18)8-9-23(16)11-12-2-3-12/h4-5,12,14,16,19,22,24-25H,2-3,6-11H2,1H3/t14-,16+,19?,20?,21+/m1/s1. The van der Waals surface area contributed by atoms with Gasteiger partial charge in [-0.05, 0) is 69.7 Å². The summed E-state index contributed by atoms with van der Waals surface area (Å²) in [5.74, 6) is 1.69. The molecular formula is C21H28N2O3. The molecule has 5 atom stereocenters. The van der Waals surface area contributed by atoms with Crippen molar-refractivity contribution in [2.45, 2.75) is 67.7 Å².